The zero-order chi connectivity index (χ0) is 7.07. The lowest BCUT2D eigenvalue weighted by molar-refractivity contribution is 0.246. The molecule has 0 radical (unpaired) electrons. The van der Waals surface area contributed by atoms with Crippen molar-refractivity contribution in [1.29, 1.82) is 0 Å². The maximum atomic E-state index is 10.6. The Kier molecular flexibility index (Phi) is 1.20. The van der Waals surface area contributed by atoms with Crippen LogP contribution < -0.4 is 10.6 Å². The average molecular weight is 144 g/mol. The molecular weight excluding hydrogens is 136 g/mol. The zero-order valence-corrected chi connectivity index (χ0v) is 6.13. The van der Waals surface area contributed by atoms with Crippen molar-refractivity contribution in [2.75, 3.05) is 0 Å². The van der Waals surface area contributed by atoms with Gasteiger partial charge in [0.05, 0.1) is 5.54 Å². The molecule has 0 bridgehead atoms. The second-order valence-corrected chi connectivity index (χ2v) is 2.94. The maximum absolute atomic E-state index is 10.6. The van der Waals surface area contributed by atoms with Crippen LogP contribution in [0.3, 0.4) is 0 Å². The molecule has 1 fully saturated rings. The molecule has 2 N–H and O–H groups in total. The first-order valence-electron chi connectivity index (χ1n) is 2.66. The molecule has 0 aliphatic carbocycles. The Labute approximate surface area is 58.8 Å². The topological polar surface area (TPSA) is 41.1 Å². The first-order chi connectivity index (χ1) is 4.02. The van der Waals surface area contributed by atoms with Crippen molar-refractivity contribution in [2.45, 2.75) is 19.4 Å². The van der Waals surface area contributed by atoms with Crippen LogP contribution in [0.2, 0.25) is 0 Å². The summed E-state index contributed by atoms with van der Waals surface area (Å²) >= 11 is 4.84. The molecule has 1 heterocycles. The third kappa shape index (κ3) is 1.03. The van der Waals surface area contributed by atoms with E-state index in [2.05, 4.69) is 10.6 Å². The fourth-order valence-electron chi connectivity index (χ4n) is 0.631. The second-order valence-electron chi connectivity index (χ2n) is 2.53. The molecule has 0 aromatic heterocycles. The Hall–Kier alpha value is -0.640. The van der Waals surface area contributed by atoms with Crippen LogP contribution >= 0.6 is 12.2 Å². The number of hydrogen-bond acceptors (Lipinski definition) is 2. The summed E-state index contributed by atoms with van der Waals surface area (Å²) < 4.78 is 0. The number of carbonyl (C=O) groups is 1. The van der Waals surface area contributed by atoms with Gasteiger partial charge in [-0.3, -0.25) is 0 Å². The molecule has 1 aliphatic rings. The highest BCUT2D eigenvalue weighted by Gasteiger charge is 2.33. The molecule has 0 saturated carbocycles. The van der Waals surface area contributed by atoms with E-state index < -0.39 is 0 Å². The van der Waals surface area contributed by atoms with Crippen molar-refractivity contribution >= 4 is 23.2 Å². The predicted octanol–water partition coefficient (Wildman–Crippen LogP) is 0.405. The molecular formula is C5H8N2OS. The SMILES string of the molecule is CC1(C)NC(=O)NC1=S. The summed E-state index contributed by atoms with van der Waals surface area (Å²) in [4.78, 5) is 11.1. The minimum absolute atomic E-state index is 0.204. The van der Waals surface area contributed by atoms with Crippen LogP contribution in [-0.4, -0.2) is 16.6 Å². The predicted molar refractivity (Wildman–Crippen MR) is 38.3 cm³/mol. The van der Waals surface area contributed by atoms with Gasteiger partial charge in [-0.25, -0.2) is 4.79 Å². The Morgan fingerprint density at radius 1 is 1.56 bits per heavy atom. The monoisotopic (exact) mass is 144 g/mol. The molecule has 0 aromatic carbocycles. The van der Waals surface area contributed by atoms with Gasteiger partial charge in [0.25, 0.3) is 0 Å². The van der Waals surface area contributed by atoms with Crippen molar-refractivity contribution in [2.24, 2.45) is 0 Å². The van der Waals surface area contributed by atoms with Gasteiger partial charge in [0.2, 0.25) is 0 Å². The van der Waals surface area contributed by atoms with E-state index in [0.29, 0.717) is 4.99 Å². The van der Waals surface area contributed by atoms with E-state index in [-0.39, 0.29) is 11.6 Å². The Morgan fingerprint density at radius 3 is 2.22 bits per heavy atom. The molecule has 0 unspecified atom stereocenters. The standard InChI is InChI=1S/C5H8N2OS/c1-5(2)3(9)6-4(8)7-5/h1-2H3,(H2,6,7,8,9). The van der Waals surface area contributed by atoms with E-state index in [1.54, 1.807) is 0 Å². The molecule has 3 nitrogen and oxygen atoms in total. The number of urea groups is 1. The summed E-state index contributed by atoms with van der Waals surface area (Å²) in [6.45, 7) is 3.71. The average Bonchev–Trinajstić information content (AvgIpc) is 1.79. The summed E-state index contributed by atoms with van der Waals surface area (Å²) in [7, 11) is 0. The molecule has 50 valence electrons. The number of hydrogen-bond donors (Lipinski definition) is 2. The van der Waals surface area contributed by atoms with Gasteiger partial charge in [-0.1, -0.05) is 12.2 Å². The highest BCUT2D eigenvalue weighted by atomic mass is 32.1. The Morgan fingerprint density at radius 2 is 2.11 bits per heavy atom. The van der Waals surface area contributed by atoms with Crippen molar-refractivity contribution in [3.63, 3.8) is 0 Å². The molecule has 0 spiro atoms. The highest BCUT2D eigenvalue weighted by molar-refractivity contribution is 7.80. The van der Waals surface area contributed by atoms with Gasteiger partial charge >= 0.3 is 6.03 Å². The van der Waals surface area contributed by atoms with Crippen LogP contribution in [-0.2, 0) is 0 Å². The second kappa shape index (κ2) is 1.67. The fraction of sp³-hybridized carbons (Fsp3) is 0.600. The van der Waals surface area contributed by atoms with Crippen LogP contribution in [0.25, 0.3) is 0 Å². The molecule has 1 aliphatic heterocycles. The van der Waals surface area contributed by atoms with Gasteiger partial charge < -0.3 is 10.6 Å². The van der Waals surface area contributed by atoms with E-state index in [9.17, 15) is 4.79 Å². The van der Waals surface area contributed by atoms with Gasteiger partial charge in [0.1, 0.15) is 4.99 Å². The molecule has 1 saturated heterocycles. The van der Waals surface area contributed by atoms with Crippen LogP contribution in [0.15, 0.2) is 0 Å². The number of amides is 2. The molecule has 9 heavy (non-hydrogen) atoms. The van der Waals surface area contributed by atoms with E-state index in [0.717, 1.165) is 0 Å². The van der Waals surface area contributed by atoms with E-state index >= 15 is 0 Å². The summed E-state index contributed by atoms with van der Waals surface area (Å²) in [5, 5.41) is 5.14. The lowest BCUT2D eigenvalue weighted by Crippen LogP contribution is -2.38. The fourth-order valence-corrected chi connectivity index (χ4v) is 0.775. The molecule has 2 amide bonds. The van der Waals surface area contributed by atoms with Crippen molar-refractivity contribution in [3.05, 3.63) is 0 Å². The third-order valence-electron chi connectivity index (χ3n) is 1.22. The zero-order valence-electron chi connectivity index (χ0n) is 5.32. The third-order valence-corrected chi connectivity index (χ3v) is 1.83. The largest absolute Gasteiger partial charge is 0.327 e. The number of carbonyl (C=O) groups excluding carboxylic acids is 1. The van der Waals surface area contributed by atoms with Gasteiger partial charge in [0, 0.05) is 0 Å². The van der Waals surface area contributed by atoms with Gasteiger partial charge in [0.15, 0.2) is 0 Å². The normalized spacial score (nSPS) is 23.3. The van der Waals surface area contributed by atoms with Crippen molar-refractivity contribution in [3.8, 4) is 0 Å². The summed E-state index contributed by atoms with van der Waals surface area (Å²) in [6, 6.07) is -0.204. The van der Waals surface area contributed by atoms with Crippen LogP contribution in [0.5, 0.6) is 0 Å². The summed E-state index contributed by atoms with van der Waals surface area (Å²) in [6.07, 6.45) is 0. The van der Waals surface area contributed by atoms with Gasteiger partial charge in [-0.15, -0.1) is 0 Å². The quantitative estimate of drug-likeness (QED) is 0.483. The Bertz CT molecular complexity index is 176. The minimum atomic E-state index is -0.355. The first-order valence-corrected chi connectivity index (χ1v) is 3.07. The van der Waals surface area contributed by atoms with Crippen LogP contribution in [0.1, 0.15) is 13.8 Å². The van der Waals surface area contributed by atoms with E-state index in [1.807, 2.05) is 13.8 Å². The molecule has 4 heteroatoms. The van der Waals surface area contributed by atoms with E-state index in [4.69, 9.17) is 12.2 Å². The number of thiocarbonyl (C=S) groups is 1. The summed E-state index contributed by atoms with van der Waals surface area (Å²) in [5.41, 5.74) is -0.355. The van der Waals surface area contributed by atoms with E-state index in [1.165, 1.54) is 0 Å². The van der Waals surface area contributed by atoms with Crippen LogP contribution in [0.4, 0.5) is 4.79 Å². The van der Waals surface area contributed by atoms with Gasteiger partial charge in [-0.05, 0) is 13.8 Å². The number of rotatable bonds is 0. The Balaban J connectivity index is 2.81. The van der Waals surface area contributed by atoms with Gasteiger partial charge in [-0.2, -0.15) is 0 Å². The molecule has 0 atom stereocenters. The highest BCUT2D eigenvalue weighted by Crippen LogP contribution is 2.08. The summed E-state index contributed by atoms with van der Waals surface area (Å²) in [5.74, 6) is 0. The first kappa shape index (κ1) is 6.48. The minimum Gasteiger partial charge on any atom is -0.327 e. The lowest BCUT2D eigenvalue weighted by atomic mass is 10.1. The van der Waals surface area contributed by atoms with Crippen LogP contribution in [0, 0.1) is 0 Å². The number of nitrogens with one attached hydrogen (secondary N) is 2. The lowest BCUT2D eigenvalue weighted by Gasteiger charge is -2.14. The smallest absolute Gasteiger partial charge is 0.320 e. The maximum Gasteiger partial charge on any atom is 0.320 e. The van der Waals surface area contributed by atoms with Crippen molar-refractivity contribution in [1.82, 2.24) is 10.6 Å². The molecule has 0 aromatic rings. The molecule has 1 rings (SSSR count). The van der Waals surface area contributed by atoms with Crippen molar-refractivity contribution < 1.29 is 4.79 Å².